The minimum absolute atomic E-state index is 0.0518. The van der Waals surface area contributed by atoms with E-state index in [-0.39, 0.29) is 12.3 Å². The lowest BCUT2D eigenvalue weighted by Crippen LogP contribution is -2.53. The number of nitrogens with one attached hydrogen (secondary N) is 2. The summed E-state index contributed by atoms with van der Waals surface area (Å²) in [5.41, 5.74) is 0. The van der Waals surface area contributed by atoms with E-state index in [4.69, 9.17) is 5.11 Å². The van der Waals surface area contributed by atoms with E-state index in [0.717, 1.165) is 6.42 Å². The molecule has 0 unspecified atom stereocenters. The maximum atomic E-state index is 12.3. The summed E-state index contributed by atoms with van der Waals surface area (Å²) in [4.78, 5) is 35.7. The molecule has 3 atom stereocenters. The number of amides is 2. The molecule has 1 fully saturated rings. The quantitative estimate of drug-likeness (QED) is 0.487. The van der Waals surface area contributed by atoms with Crippen LogP contribution >= 0.6 is 0 Å². The molecule has 1 heterocycles. The summed E-state index contributed by atoms with van der Waals surface area (Å²) in [5.74, 6) is -2.69. The summed E-state index contributed by atoms with van der Waals surface area (Å²) in [6.45, 7) is 8.13. The molecular weight excluding hydrogens is 368 g/mol. The van der Waals surface area contributed by atoms with Gasteiger partial charge >= 0.3 is 16.4 Å². The van der Waals surface area contributed by atoms with Crippen LogP contribution in [0.5, 0.6) is 0 Å². The highest BCUT2D eigenvalue weighted by atomic mass is 32.3. The molecule has 150 valence electrons. The number of carboxylic acids is 1. The van der Waals surface area contributed by atoms with E-state index in [9.17, 15) is 22.8 Å². The Morgan fingerprint density at radius 3 is 2.12 bits per heavy atom. The van der Waals surface area contributed by atoms with E-state index in [0.29, 0.717) is 12.5 Å². The normalized spacial score (nSPS) is 23.0. The number of hydrogen-bond acceptors (Lipinski definition) is 7. The first-order chi connectivity index (χ1) is 11.9. The lowest BCUT2D eigenvalue weighted by molar-refractivity contribution is -0.150. The molecule has 0 bridgehead atoms. The second-order valence-electron chi connectivity index (χ2n) is 6.94. The molecule has 0 aliphatic carbocycles. The number of hydrogen-bond donors (Lipinski definition) is 3. The summed E-state index contributed by atoms with van der Waals surface area (Å²) in [5, 5.41) is 14.1. The zero-order valence-electron chi connectivity index (χ0n) is 15.2. The van der Waals surface area contributed by atoms with E-state index >= 15 is 0 Å². The summed E-state index contributed by atoms with van der Waals surface area (Å²) in [6.07, 6.45) is -2.84. The zero-order chi connectivity index (χ0) is 20.1. The fourth-order valence-corrected chi connectivity index (χ4v) is 3.22. The van der Waals surface area contributed by atoms with Crippen molar-refractivity contribution < 1.29 is 36.3 Å². The van der Waals surface area contributed by atoms with Crippen molar-refractivity contribution in [2.24, 2.45) is 11.8 Å². The molecule has 10 nitrogen and oxygen atoms in total. The average molecular weight is 394 g/mol. The largest absolute Gasteiger partial charge is 0.479 e. The van der Waals surface area contributed by atoms with Gasteiger partial charge in [-0.1, -0.05) is 27.7 Å². The van der Waals surface area contributed by atoms with Crippen LogP contribution in [0.15, 0.2) is 0 Å². The molecule has 0 aromatic heterocycles. The molecule has 3 N–H and O–H groups in total. The highest BCUT2D eigenvalue weighted by Gasteiger charge is 2.49. The molecule has 26 heavy (non-hydrogen) atoms. The Hall–Kier alpha value is -1.72. The minimum Gasteiger partial charge on any atom is -0.479 e. The Labute approximate surface area is 152 Å². The zero-order valence-corrected chi connectivity index (χ0v) is 16.0. The topological polar surface area (TPSA) is 148 Å². The highest BCUT2D eigenvalue weighted by Crippen LogP contribution is 2.21. The van der Waals surface area contributed by atoms with Crippen molar-refractivity contribution >= 4 is 28.2 Å². The van der Waals surface area contributed by atoms with Crippen LogP contribution in [0.3, 0.4) is 0 Å². The second kappa shape index (κ2) is 9.28. The van der Waals surface area contributed by atoms with E-state index in [2.05, 4.69) is 19.0 Å². The standard InChI is InChI=1S/C15H26N2O8S/c1-8(2)5-6-16-13(18)10(7-9(3)4)17-14(19)11-12(15(20)21)25-26(22,23)24-11/h8-12H,5-7H2,1-4H3,(H,16,18)(H,17,19)(H,20,21)/t10-,11-,12-/m0/s1. The second-order valence-corrected chi connectivity index (χ2v) is 8.15. The van der Waals surface area contributed by atoms with Crippen LogP contribution in [0.25, 0.3) is 0 Å². The smallest absolute Gasteiger partial charge is 0.401 e. The minimum atomic E-state index is -4.58. The average Bonchev–Trinajstić information content (AvgIpc) is 2.81. The maximum absolute atomic E-state index is 12.3. The lowest BCUT2D eigenvalue weighted by Gasteiger charge is -2.22. The number of carbonyl (C=O) groups excluding carboxylic acids is 2. The Morgan fingerprint density at radius 2 is 1.62 bits per heavy atom. The number of aliphatic carboxylic acids is 1. The van der Waals surface area contributed by atoms with Crippen molar-refractivity contribution in [1.29, 1.82) is 0 Å². The molecule has 0 aromatic rings. The van der Waals surface area contributed by atoms with Crippen LogP contribution in [-0.4, -0.2) is 56.1 Å². The number of carbonyl (C=O) groups is 3. The van der Waals surface area contributed by atoms with Gasteiger partial charge in [-0.05, 0) is 24.7 Å². The first-order valence-electron chi connectivity index (χ1n) is 8.35. The summed E-state index contributed by atoms with van der Waals surface area (Å²) < 4.78 is 31.2. The van der Waals surface area contributed by atoms with Crippen molar-refractivity contribution in [3.05, 3.63) is 0 Å². The monoisotopic (exact) mass is 394 g/mol. The highest BCUT2D eigenvalue weighted by molar-refractivity contribution is 7.82. The van der Waals surface area contributed by atoms with Crippen LogP contribution in [0.1, 0.15) is 40.5 Å². The van der Waals surface area contributed by atoms with Gasteiger partial charge in [0.25, 0.3) is 5.91 Å². The maximum Gasteiger partial charge on any atom is 0.401 e. The predicted molar refractivity (Wildman–Crippen MR) is 90.2 cm³/mol. The molecule has 0 radical (unpaired) electrons. The Morgan fingerprint density at radius 1 is 1.04 bits per heavy atom. The van der Waals surface area contributed by atoms with Crippen molar-refractivity contribution in [1.82, 2.24) is 10.6 Å². The fourth-order valence-electron chi connectivity index (χ4n) is 2.29. The van der Waals surface area contributed by atoms with Crippen molar-refractivity contribution in [2.75, 3.05) is 6.54 Å². The number of carboxylic acid groups (broad SMARTS) is 1. The molecule has 11 heteroatoms. The lowest BCUT2D eigenvalue weighted by atomic mass is 10.0. The third kappa shape index (κ3) is 6.89. The van der Waals surface area contributed by atoms with E-state index in [1.165, 1.54) is 0 Å². The van der Waals surface area contributed by atoms with Crippen molar-refractivity contribution in [3.8, 4) is 0 Å². The van der Waals surface area contributed by atoms with Crippen LogP contribution in [-0.2, 0) is 33.1 Å². The molecule has 0 spiro atoms. The third-order valence-corrected chi connectivity index (χ3v) is 4.47. The molecule has 1 aliphatic rings. The first kappa shape index (κ1) is 22.3. The predicted octanol–water partition coefficient (Wildman–Crippen LogP) is -0.207. The van der Waals surface area contributed by atoms with Gasteiger partial charge in [-0.25, -0.2) is 13.2 Å². The van der Waals surface area contributed by atoms with Gasteiger partial charge in [0, 0.05) is 6.54 Å². The summed E-state index contributed by atoms with van der Waals surface area (Å²) in [7, 11) is -4.58. The van der Waals surface area contributed by atoms with E-state index in [1.807, 2.05) is 27.7 Å². The van der Waals surface area contributed by atoms with Gasteiger partial charge in [-0.2, -0.15) is 8.42 Å². The van der Waals surface area contributed by atoms with Crippen LogP contribution < -0.4 is 10.6 Å². The van der Waals surface area contributed by atoms with Gasteiger partial charge in [0.15, 0.2) is 6.10 Å². The Balaban J connectivity index is 2.81. The molecular formula is C15H26N2O8S. The molecule has 1 aliphatic heterocycles. The van der Waals surface area contributed by atoms with Gasteiger partial charge in [0.2, 0.25) is 12.0 Å². The van der Waals surface area contributed by atoms with Gasteiger partial charge in [-0.15, -0.1) is 0 Å². The SMILES string of the molecule is CC(C)CCNC(=O)[C@H](CC(C)C)NC(=O)[C@H]1OS(=O)(=O)O[C@@H]1C(=O)O. The molecule has 0 saturated carbocycles. The molecule has 0 aromatic carbocycles. The van der Waals surface area contributed by atoms with Crippen molar-refractivity contribution in [2.45, 2.75) is 58.8 Å². The van der Waals surface area contributed by atoms with Crippen molar-refractivity contribution in [3.63, 3.8) is 0 Å². The number of rotatable bonds is 9. The van der Waals surface area contributed by atoms with Crippen LogP contribution in [0.2, 0.25) is 0 Å². The van der Waals surface area contributed by atoms with E-state index in [1.54, 1.807) is 0 Å². The molecule has 1 rings (SSSR count). The molecule has 1 saturated heterocycles. The summed E-state index contributed by atoms with van der Waals surface area (Å²) in [6, 6.07) is -0.948. The first-order valence-corrected chi connectivity index (χ1v) is 9.68. The van der Waals surface area contributed by atoms with Gasteiger partial charge < -0.3 is 15.7 Å². The van der Waals surface area contributed by atoms with Crippen LogP contribution in [0, 0.1) is 11.8 Å². The summed E-state index contributed by atoms with van der Waals surface area (Å²) >= 11 is 0. The van der Waals surface area contributed by atoms with Crippen LogP contribution in [0.4, 0.5) is 0 Å². The Kier molecular flexibility index (Phi) is 7.97. The Bertz CT molecular complexity index is 632. The third-order valence-electron chi connectivity index (χ3n) is 3.58. The van der Waals surface area contributed by atoms with Gasteiger partial charge in [-0.3, -0.25) is 9.59 Å². The van der Waals surface area contributed by atoms with E-state index < -0.39 is 46.4 Å². The van der Waals surface area contributed by atoms with Gasteiger partial charge in [0.05, 0.1) is 0 Å². The molecule has 2 amide bonds. The van der Waals surface area contributed by atoms with Gasteiger partial charge in [0.1, 0.15) is 6.04 Å². The fraction of sp³-hybridized carbons (Fsp3) is 0.800.